The Bertz CT molecular complexity index is 254. The van der Waals surface area contributed by atoms with Crippen LogP contribution in [-0.2, 0) is 6.54 Å². The van der Waals surface area contributed by atoms with E-state index < -0.39 is 0 Å². The zero-order valence-corrected chi connectivity index (χ0v) is 8.78. The SMILES string of the molecule is CNC(C)c1nncn1CC(C)C. The molecule has 0 aromatic carbocycles. The normalized spacial score (nSPS) is 13.6. The van der Waals surface area contributed by atoms with E-state index in [1.807, 2.05) is 7.05 Å². The first-order valence-electron chi connectivity index (χ1n) is 4.70. The van der Waals surface area contributed by atoms with E-state index in [-0.39, 0.29) is 6.04 Å². The summed E-state index contributed by atoms with van der Waals surface area (Å²) < 4.78 is 2.10. The van der Waals surface area contributed by atoms with E-state index in [0.29, 0.717) is 5.92 Å². The lowest BCUT2D eigenvalue weighted by Gasteiger charge is -2.13. The molecule has 0 saturated heterocycles. The molecule has 1 atom stereocenters. The molecule has 0 amide bonds. The summed E-state index contributed by atoms with van der Waals surface area (Å²) in [5.41, 5.74) is 0. The first-order chi connectivity index (χ1) is 6.15. The van der Waals surface area contributed by atoms with Crippen LogP contribution in [0.4, 0.5) is 0 Å². The van der Waals surface area contributed by atoms with Crippen LogP contribution in [0.2, 0.25) is 0 Å². The Labute approximate surface area is 79.4 Å². The largest absolute Gasteiger partial charge is 0.316 e. The van der Waals surface area contributed by atoms with Crippen molar-refractivity contribution in [3.05, 3.63) is 12.2 Å². The summed E-state index contributed by atoms with van der Waals surface area (Å²) in [4.78, 5) is 0. The summed E-state index contributed by atoms with van der Waals surface area (Å²) in [6, 6.07) is 0.265. The molecule has 0 bridgehead atoms. The Kier molecular flexibility index (Phi) is 3.42. The van der Waals surface area contributed by atoms with Crippen molar-refractivity contribution < 1.29 is 0 Å². The second-order valence-corrected chi connectivity index (χ2v) is 3.75. The quantitative estimate of drug-likeness (QED) is 0.761. The van der Waals surface area contributed by atoms with E-state index in [1.54, 1.807) is 6.33 Å². The highest BCUT2D eigenvalue weighted by Crippen LogP contribution is 2.09. The number of aromatic nitrogens is 3. The molecule has 0 aliphatic rings. The molecule has 1 rings (SSSR count). The van der Waals surface area contributed by atoms with E-state index in [4.69, 9.17) is 0 Å². The molecule has 13 heavy (non-hydrogen) atoms. The number of hydrogen-bond donors (Lipinski definition) is 1. The summed E-state index contributed by atoms with van der Waals surface area (Å²) in [7, 11) is 1.93. The van der Waals surface area contributed by atoms with Crippen molar-refractivity contribution in [1.82, 2.24) is 20.1 Å². The predicted octanol–water partition coefficient (Wildman–Crippen LogP) is 1.21. The Balaban J connectivity index is 2.76. The van der Waals surface area contributed by atoms with Crippen LogP contribution < -0.4 is 5.32 Å². The minimum atomic E-state index is 0.265. The number of hydrogen-bond acceptors (Lipinski definition) is 3. The van der Waals surface area contributed by atoms with Crippen molar-refractivity contribution in [2.24, 2.45) is 5.92 Å². The lowest BCUT2D eigenvalue weighted by Crippen LogP contribution is -2.19. The Hall–Kier alpha value is -0.900. The molecular formula is C9H18N4. The maximum Gasteiger partial charge on any atom is 0.149 e. The second kappa shape index (κ2) is 4.37. The third kappa shape index (κ3) is 2.52. The van der Waals surface area contributed by atoms with Crippen LogP contribution in [0, 0.1) is 5.92 Å². The van der Waals surface area contributed by atoms with Crippen LogP contribution in [0.5, 0.6) is 0 Å². The third-order valence-corrected chi connectivity index (χ3v) is 2.03. The fourth-order valence-electron chi connectivity index (χ4n) is 1.26. The molecule has 0 aliphatic carbocycles. The minimum Gasteiger partial charge on any atom is -0.316 e. The monoisotopic (exact) mass is 182 g/mol. The topological polar surface area (TPSA) is 42.7 Å². The summed E-state index contributed by atoms with van der Waals surface area (Å²) >= 11 is 0. The van der Waals surface area contributed by atoms with Gasteiger partial charge in [-0.05, 0) is 19.9 Å². The lowest BCUT2D eigenvalue weighted by atomic mass is 10.2. The molecule has 74 valence electrons. The first-order valence-corrected chi connectivity index (χ1v) is 4.70. The Morgan fingerprint density at radius 3 is 2.69 bits per heavy atom. The van der Waals surface area contributed by atoms with Crippen molar-refractivity contribution in [1.29, 1.82) is 0 Å². The molecule has 1 heterocycles. The predicted molar refractivity (Wildman–Crippen MR) is 52.3 cm³/mol. The highest BCUT2D eigenvalue weighted by atomic mass is 15.3. The zero-order chi connectivity index (χ0) is 9.84. The molecular weight excluding hydrogens is 164 g/mol. The van der Waals surface area contributed by atoms with Gasteiger partial charge in [-0.15, -0.1) is 10.2 Å². The van der Waals surface area contributed by atoms with E-state index in [2.05, 4.69) is 40.9 Å². The molecule has 0 spiro atoms. The van der Waals surface area contributed by atoms with Crippen LogP contribution in [-0.4, -0.2) is 21.8 Å². The highest BCUT2D eigenvalue weighted by molar-refractivity contribution is 4.92. The number of nitrogens with one attached hydrogen (secondary N) is 1. The van der Waals surface area contributed by atoms with Gasteiger partial charge in [0, 0.05) is 6.54 Å². The van der Waals surface area contributed by atoms with Gasteiger partial charge in [0.1, 0.15) is 12.2 Å². The first kappa shape index (κ1) is 10.2. The molecule has 1 unspecified atom stereocenters. The van der Waals surface area contributed by atoms with E-state index in [1.165, 1.54) is 0 Å². The van der Waals surface area contributed by atoms with Crippen molar-refractivity contribution in [3.8, 4) is 0 Å². The average Bonchev–Trinajstić information content (AvgIpc) is 2.50. The maximum atomic E-state index is 4.09. The van der Waals surface area contributed by atoms with Gasteiger partial charge in [0.2, 0.25) is 0 Å². The van der Waals surface area contributed by atoms with Gasteiger partial charge >= 0.3 is 0 Å². The number of nitrogens with zero attached hydrogens (tertiary/aromatic N) is 3. The Morgan fingerprint density at radius 1 is 1.46 bits per heavy atom. The van der Waals surface area contributed by atoms with Crippen molar-refractivity contribution in [2.75, 3.05) is 7.05 Å². The molecule has 0 fully saturated rings. The standard InChI is InChI=1S/C9H18N4/c1-7(2)5-13-6-11-12-9(13)8(3)10-4/h6-8,10H,5H2,1-4H3. The summed E-state index contributed by atoms with van der Waals surface area (Å²) in [5.74, 6) is 1.63. The van der Waals surface area contributed by atoms with Crippen LogP contribution in [0.3, 0.4) is 0 Å². The molecule has 0 saturated carbocycles. The third-order valence-electron chi connectivity index (χ3n) is 2.03. The molecule has 4 heteroatoms. The maximum absolute atomic E-state index is 4.09. The fraction of sp³-hybridized carbons (Fsp3) is 0.778. The molecule has 1 aromatic rings. The molecule has 1 aromatic heterocycles. The highest BCUT2D eigenvalue weighted by Gasteiger charge is 2.11. The van der Waals surface area contributed by atoms with Gasteiger partial charge in [-0.25, -0.2) is 0 Å². The molecule has 4 nitrogen and oxygen atoms in total. The summed E-state index contributed by atoms with van der Waals surface area (Å²) in [6.07, 6.45) is 1.79. The van der Waals surface area contributed by atoms with E-state index >= 15 is 0 Å². The van der Waals surface area contributed by atoms with Gasteiger partial charge in [-0.2, -0.15) is 0 Å². The second-order valence-electron chi connectivity index (χ2n) is 3.75. The van der Waals surface area contributed by atoms with Crippen LogP contribution in [0.1, 0.15) is 32.6 Å². The summed E-state index contributed by atoms with van der Waals surface area (Å²) in [6.45, 7) is 7.44. The molecule has 1 N–H and O–H groups in total. The van der Waals surface area contributed by atoms with Gasteiger partial charge in [0.25, 0.3) is 0 Å². The number of rotatable bonds is 4. The van der Waals surface area contributed by atoms with Gasteiger partial charge < -0.3 is 9.88 Å². The van der Waals surface area contributed by atoms with Gasteiger partial charge in [0.05, 0.1) is 6.04 Å². The smallest absolute Gasteiger partial charge is 0.149 e. The van der Waals surface area contributed by atoms with Crippen LogP contribution >= 0.6 is 0 Å². The minimum absolute atomic E-state index is 0.265. The van der Waals surface area contributed by atoms with Gasteiger partial charge in [-0.1, -0.05) is 13.8 Å². The van der Waals surface area contributed by atoms with Gasteiger partial charge in [0.15, 0.2) is 0 Å². The Morgan fingerprint density at radius 2 is 2.15 bits per heavy atom. The summed E-state index contributed by atoms with van der Waals surface area (Å²) in [5, 5.41) is 11.2. The van der Waals surface area contributed by atoms with Crippen LogP contribution in [0.15, 0.2) is 6.33 Å². The zero-order valence-electron chi connectivity index (χ0n) is 8.78. The van der Waals surface area contributed by atoms with Gasteiger partial charge in [-0.3, -0.25) is 0 Å². The molecule has 0 aliphatic heterocycles. The van der Waals surface area contributed by atoms with Crippen molar-refractivity contribution >= 4 is 0 Å². The van der Waals surface area contributed by atoms with E-state index in [0.717, 1.165) is 12.4 Å². The average molecular weight is 182 g/mol. The lowest BCUT2D eigenvalue weighted by molar-refractivity contribution is 0.478. The van der Waals surface area contributed by atoms with Crippen LogP contribution in [0.25, 0.3) is 0 Å². The molecule has 0 radical (unpaired) electrons. The van der Waals surface area contributed by atoms with Crippen molar-refractivity contribution in [2.45, 2.75) is 33.4 Å². The fourth-order valence-corrected chi connectivity index (χ4v) is 1.26. The van der Waals surface area contributed by atoms with E-state index in [9.17, 15) is 0 Å². The van der Waals surface area contributed by atoms with Crippen molar-refractivity contribution in [3.63, 3.8) is 0 Å².